The lowest BCUT2D eigenvalue weighted by Crippen LogP contribution is -2.60. The molecule has 0 spiro atoms. The number of rotatable bonds is 7. The van der Waals surface area contributed by atoms with Crippen molar-refractivity contribution in [3.8, 4) is 0 Å². The molecule has 282 valence electrons. The average Bonchev–Trinajstić information content (AvgIpc) is 3.28. The van der Waals surface area contributed by atoms with Crippen molar-refractivity contribution in [1.82, 2.24) is 5.32 Å². The summed E-state index contributed by atoms with van der Waals surface area (Å²) in [5.41, 5.74) is -3.66. The normalized spacial score (nSPS) is 48.7. The fourth-order valence-corrected chi connectivity index (χ4v) is 8.39. The number of fused-ring (bicyclic) bond motifs is 2. The van der Waals surface area contributed by atoms with E-state index in [9.17, 15) is 24.9 Å². The quantitative estimate of drug-likeness (QED) is 0.286. The number of Topliss-reactive ketones (excluding diaryl/α,β-unsaturated/α-hetero) is 1. The molecule has 2 bridgehead atoms. The maximum Gasteiger partial charge on any atom is 0.311 e. The second-order valence-corrected chi connectivity index (χ2v) is 15.5. The highest BCUT2D eigenvalue weighted by molar-refractivity contribution is 6.04. The first-order chi connectivity index (χ1) is 22.7. The Kier molecular flexibility index (Phi) is 12.4. The van der Waals surface area contributed by atoms with Gasteiger partial charge in [0, 0.05) is 37.0 Å². The molecule has 4 rings (SSSR count). The van der Waals surface area contributed by atoms with E-state index in [4.69, 9.17) is 33.2 Å². The van der Waals surface area contributed by atoms with E-state index in [2.05, 4.69) is 5.32 Å². The van der Waals surface area contributed by atoms with Gasteiger partial charge in [0.05, 0.1) is 41.5 Å². The molecule has 0 unspecified atom stereocenters. The number of carbonyl (C=O) groups excluding carboxylic acids is 2. The van der Waals surface area contributed by atoms with Gasteiger partial charge in [-0.3, -0.25) is 9.59 Å². The van der Waals surface area contributed by atoms with Gasteiger partial charge in [0.1, 0.15) is 24.1 Å². The van der Waals surface area contributed by atoms with Gasteiger partial charge >= 0.3 is 5.97 Å². The number of allylic oxidation sites excluding steroid dienone is 1. The van der Waals surface area contributed by atoms with Crippen LogP contribution >= 0.6 is 0 Å². The monoisotopic (exact) mass is 699 g/mol. The fraction of sp³-hybridized carbons (Fsp3) is 0.889. The van der Waals surface area contributed by atoms with E-state index in [0.29, 0.717) is 24.2 Å². The number of methoxy groups -OCH3 is 1. The first kappa shape index (κ1) is 40.1. The molecule has 13 nitrogen and oxygen atoms in total. The third-order valence-corrected chi connectivity index (χ3v) is 11.4. The molecule has 0 aromatic heterocycles. The van der Waals surface area contributed by atoms with E-state index < -0.39 is 89.7 Å². The number of ether oxygens (including phenoxy) is 7. The van der Waals surface area contributed by atoms with Crippen LogP contribution in [-0.4, -0.2) is 119 Å². The Labute approximate surface area is 291 Å². The molecule has 0 saturated carbocycles. The summed E-state index contributed by atoms with van der Waals surface area (Å²) in [6.07, 6.45) is -6.78. The van der Waals surface area contributed by atoms with Gasteiger partial charge in [-0.2, -0.15) is 0 Å². The topological polar surface area (TPSA) is 171 Å². The van der Waals surface area contributed by atoms with Gasteiger partial charge in [0.25, 0.3) is 0 Å². The molecular weight excluding hydrogens is 638 g/mol. The smallest absolute Gasteiger partial charge is 0.311 e. The summed E-state index contributed by atoms with van der Waals surface area (Å²) in [7, 11) is 3.27. The number of likely N-dealkylation sites (N-methyl/N-ethyl adjacent to an activating group) is 1. The summed E-state index contributed by atoms with van der Waals surface area (Å²) in [5, 5.41) is 37.7. The van der Waals surface area contributed by atoms with E-state index in [0.717, 1.165) is 0 Å². The lowest BCUT2D eigenvalue weighted by atomic mass is 9.77. The van der Waals surface area contributed by atoms with E-state index in [1.165, 1.54) is 7.11 Å². The number of aliphatic hydroxyl groups excluding tert-OH is 2. The molecule has 0 radical (unpaired) electrons. The Hall–Kier alpha value is -1.68. The molecule has 3 fully saturated rings. The second kappa shape index (κ2) is 15.1. The third-order valence-electron chi connectivity index (χ3n) is 11.4. The van der Waals surface area contributed by atoms with Crippen LogP contribution in [0, 0.1) is 17.8 Å². The summed E-state index contributed by atoms with van der Waals surface area (Å²) in [4.78, 5) is 27.9. The minimum Gasteiger partial charge on any atom is -0.479 e. The van der Waals surface area contributed by atoms with Crippen LogP contribution < -0.4 is 5.32 Å². The number of nitrogens with one attached hydrogen (secondary N) is 1. The minimum atomic E-state index is -1.63. The van der Waals surface area contributed by atoms with Gasteiger partial charge in [-0.05, 0) is 74.8 Å². The molecule has 49 heavy (non-hydrogen) atoms. The summed E-state index contributed by atoms with van der Waals surface area (Å²) in [6.45, 7) is 17.5. The zero-order valence-corrected chi connectivity index (χ0v) is 31.3. The lowest BCUT2D eigenvalue weighted by molar-refractivity contribution is -0.315. The number of carbonyl (C=O) groups is 2. The first-order valence-corrected chi connectivity index (χ1v) is 17.8. The van der Waals surface area contributed by atoms with E-state index >= 15 is 0 Å². The SMILES string of the molecule is CC[C@@H]1OC(=O)[C@H](C)[C@H](O[C@@H]2C[C@@](C)(OC)[C@@H](O)[C@H](C)O2)[C@H](C)[C@H](O[C@@H]2O[C@H](C)C[C@@H](NC)[C@@H]2O)[C@@](C)(O)C[C@H](C)C2=C(C)C(=O)[C@@]1(C)O2. The van der Waals surface area contributed by atoms with Crippen molar-refractivity contribution >= 4 is 11.8 Å². The van der Waals surface area contributed by atoms with Crippen molar-refractivity contribution in [2.45, 2.75) is 173 Å². The van der Waals surface area contributed by atoms with Gasteiger partial charge in [-0.15, -0.1) is 0 Å². The summed E-state index contributed by atoms with van der Waals surface area (Å²) in [5.74, 6) is -2.62. The van der Waals surface area contributed by atoms with Crippen molar-refractivity contribution in [3.05, 3.63) is 11.3 Å². The summed E-state index contributed by atoms with van der Waals surface area (Å²) < 4.78 is 43.7. The van der Waals surface area contributed by atoms with Crippen molar-refractivity contribution in [2.75, 3.05) is 14.2 Å². The van der Waals surface area contributed by atoms with Crippen molar-refractivity contribution in [2.24, 2.45) is 17.8 Å². The number of hydrogen-bond donors (Lipinski definition) is 4. The van der Waals surface area contributed by atoms with Crippen LogP contribution in [0.5, 0.6) is 0 Å². The van der Waals surface area contributed by atoms with Gasteiger partial charge in [-0.25, -0.2) is 0 Å². The van der Waals surface area contributed by atoms with E-state index in [1.54, 1.807) is 48.6 Å². The molecule has 0 aromatic carbocycles. The van der Waals surface area contributed by atoms with Crippen LogP contribution in [0.1, 0.15) is 94.9 Å². The fourth-order valence-electron chi connectivity index (χ4n) is 8.39. The number of aliphatic hydroxyl groups is 3. The van der Waals surface area contributed by atoms with Crippen molar-refractivity contribution in [3.63, 3.8) is 0 Å². The molecule has 4 aliphatic heterocycles. The zero-order chi connectivity index (χ0) is 36.8. The van der Waals surface area contributed by atoms with Crippen molar-refractivity contribution < 1.29 is 58.1 Å². The predicted molar refractivity (Wildman–Crippen MR) is 178 cm³/mol. The van der Waals surface area contributed by atoms with Gasteiger partial charge in [-0.1, -0.05) is 20.8 Å². The lowest BCUT2D eigenvalue weighted by Gasteiger charge is -2.48. The number of cyclic esters (lactones) is 1. The van der Waals surface area contributed by atoms with Gasteiger partial charge < -0.3 is 53.8 Å². The molecule has 0 aromatic rings. The first-order valence-electron chi connectivity index (χ1n) is 17.8. The maximum absolute atomic E-state index is 14.1. The Morgan fingerprint density at radius 3 is 2.24 bits per heavy atom. The van der Waals surface area contributed by atoms with Crippen LogP contribution in [0.15, 0.2) is 11.3 Å². The third kappa shape index (κ3) is 7.75. The Morgan fingerprint density at radius 2 is 1.65 bits per heavy atom. The van der Waals surface area contributed by atoms with E-state index in [1.807, 2.05) is 27.7 Å². The highest BCUT2D eigenvalue weighted by Crippen LogP contribution is 2.44. The Balaban J connectivity index is 1.82. The minimum absolute atomic E-state index is 0.101. The predicted octanol–water partition coefficient (Wildman–Crippen LogP) is 2.76. The van der Waals surface area contributed by atoms with Gasteiger partial charge in [0.2, 0.25) is 11.4 Å². The largest absolute Gasteiger partial charge is 0.479 e. The molecule has 13 heteroatoms. The molecule has 0 amide bonds. The molecule has 0 aliphatic carbocycles. The molecular formula is C36H61NO12. The molecule has 4 aliphatic rings. The van der Waals surface area contributed by atoms with Crippen LogP contribution in [0.4, 0.5) is 0 Å². The van der Waals surface area contributed by atoms with E-state index in [-0.39, 0.29) is 30.8 Å². The number of hydrogen-bond acceptors (Lipinski definition) is 13. The molecule has 16 atom stereocenters. The van der Waals surface area contributed by atoms with Crippen LogP contribution in [0.2, 0.25) is 0 Å². The highest BCUT2D eigenvalue weighted by Gasteiger charge is 2.56. The maximum atomic E-state index is 14.1. The second-order valence-electron chi connectivity index (χ2n) is 15.5. The van der Waals surface area contributed by atoms with Gasteiger partial charge in [0.15, 0.2) is 12.6 Å². The molecule has 4 N–H and O–H groups in total. The highest BCUT2D eigenvalue weighted by atomic mass is 16.7. The van der Waals surface area contributed by atoms with Crippen LogP contribution in [-0.2, 0) is 42.7 Å². The summed E-state index contributed by atoms with van der Waals surface area (Å²) in [6, 6.07) is -0.326. The van der Waals surface area contributed by atoms with Crippen LogP contribution in [0.25, 0.3) is 0 Å². The molecule has 3 saturated heterocycles. The Morgan fingerprint density at radius 1 is 1.00 bits per heavy atom. The number of ketones is 1. The van der Waals surface area contributed by atoms with Crippen LogP contribution in [0.3, 0.4) is 0 Å². The Bertz CT molecular complexity index is 1230. The summed E-state index contributed by atoms with van der Waals surface area (Å²) >= 11 is 0. The average molecular weight is 700 g/mol. The molecule has 4 heterocycles. The zero-order valence-electron chi connectivity index (χ0n) is 31.3. The standard InChI is InChI=1S/C36H61NO12/c1-13-24-36(10)29(39)19(4)27(49-36)17(2)15-34(8,42)31(48-33-26(38)23(37-11)14-18(3)44-33)20(5)28(21(6)32(41)46-24)47-25-16-35(9,43-12)30(40)22(7)45-25/h17-18,20-26,28,30-31,33,37-38,40,42H,13-16H2,1-12H3/t17-,18+,20-,21+,22-,23+,24-,25+,26-,28+,30-,31-,33-,34-,35+,36-/m0/s1. The van der Waals surface area contributed by atoms with Crippen molar-refractivity contribution in [1.29, 1.82) is 0 Å². The number of esters is 1.